The van der Waals surface area contributed by atoms with Crippen LogP contribution in [0.1, 0.15) is 57.2 Å². The van der Waals surface area contributed by atoms with Crippen molar-refractivity contribution in [3.8, 4) is 0 Å². The summed E-state index contributed by atoms with van der Waals surface area (Å²) in [6.45, 7) is 3.57. The highest BCUT2D eigenvalue weighted by Gasteiger charge is 2.42. The number of anilines is 1. The van der Waals surface area contributed by atoms with Gasteiger partial charge in [0.05, 0.1) is 29.4 Å². The zero-order chi connectivity index (χ0) is 24.4. The minimum Gasteiger partial charge on any atom is -0.505 e. The van der Waals surface area contributed by atoms with Crippen LogP contribution in [-0.2, 0) is 27.1 Å². The molecule has 1 aliphatic heterocycles. The summed E-state index contributed by atoms with van der Waals surface area (Å²) in [7, 11) is 0. The van der Waals surface area contributed by atoms with Crippen LogP contribution in [0.2, 0.25) is 0 Å². The van der Waals surface area contributed by atoms with Gasteiger partial charge in [0.1, 0.15) is 16.4 Å². The van der Waals surface area contributed by atoms with Crippen LogP contribution < -0.4 is 4.90 Å². The normalized spacial score (nSPS) is 16.7. The van der Waals surface area contributed by atoms with Crippen molar-refractivity contribution in [3.05, 3.63) is 61.5 Å². The first-order valence-electron chi connectivity index (χ1n) is 11.0. The zero-order valence-corrected chi connectivity index (χ0v) is 20.4. The van der Waals surface area contributed by atoms with Gasteiger partial charge in [-0.05, 0) is 56.5 Å². The van der Waals surface area contributed by atoms with Gasteiger partial charge in [0.25, 0.3) is 0 Å². The van der Waals surface area contributed by atoms with E-state index in [4.69, 9.17) is 14.9 Å². The molecule has 2 aliphatic rings. The summed E-state index contributed by atoms with van der Waals surface area (Å²) < 4.78 is 10.4. The molecule has 0 unspecified atom stereocenters. The van der Waals surface area contributed by atoms with Crippen molar-refractivity contribution in [2.45, 2.75) is 39.5 Å². The molecule has 2 N–H and O–H groups in total. The number of nitrogens with zero attached hydrogens (tertiary/aromatic N) is 1. The molecule has 0 amide bonds. The van der Waals surface area contributed by atoms with Crippen LogP contribution in [0.3, 0.4) is 0 Å². The predicted octanol–water partition coefficient (Wildman–Crippen LogP) is 4.80. The molecule has 0 fully saturated rings. The van der Waals surface area contributed by atoms with Crippen LogP contribution in [0.25, 0.3) is 0 Å². The Kier molecular flexibility index (Phi) is 6.99. The quantitative estimate of drug-likeness (QED) is 0.318. The lowest BCUT2D eigenvalue weighted by Gasteiger charge is -2.20. The molecule has 34 heavy (non-hydrogen) atoms. The molecule has 3 heterocycles. The molecule has 0 aromatic carbocycles. The van der Waals surface area contributed by atoms with Gasteiger partial charge in [-0.25, -0.2) is 9.59 Å². The first-order chi connectivity index (χ1) is 16.4. The number of fused-ring (bicyclic) bond motifs is 1. The minimum atomic E-state index is -0.874. The van der Waals surface area contributed by atoms with Crippen LogP contribution in [0, 0.1) is 5.41 Å². The van der Waals surface area contributed by atoms with Crippen molar-refractivity contribution in [1.29, 1.82) is 5.41 Å². The van der Waals surface area contributed by atoms with Gasteiger partial charge in [-0.3, -0.25) is 15.1 Å². The molecule has 0 saturated carbocycles. The lowest BCUT2D eigenvalue weighted by molar-refractivity contribution is -0.138. The van der Waals surface area contributed by atoms with Crippen molar-refractivity contribution in [3.63, 3.8) is 0 Å². The number of carbonyl (C=O) groups excluding carboxylic acids is 3. The number of carbonyl (C=O) groups is 3. The van der Waals surface area contributed by atoms with Crippen LogP contribution >= 0.6 is 22.7 Å². The fourth-order valence-corrected chi connectivity index (χ4v) is 6.09. The molecule has 0 bridgehead atoms. The van der Waals surface area contributed by atoms with E-state index >= 15 is 0 Å². The zero-order valence-electron chi connectivity index (χ0n) is 18.8. The summed E-state index contributed by atoms with van der Waals surface area (Å²) in [6.07, 6.45) is 4.56. The summed E-state index contributed by atoms with van der Waals surface area (Å²) in [5, 5.41) is 21.9. The van der Waals surface area contributed by atoms with Gasteiger partial charge in [0.2, 0.25) is 0 Å². The predicted molar refractivity (Wildman–Crippen MR) is 130 cm³/mol. The van der Waals surface area contributed by atoms with Gasteiger partial charge in [-0.2, -0.15) is 0 Å². The lowest BCUT2D eigenvalue weighted by atomic mass is 9.95. The molecule has 178 valence electrons. The van der Waals surface area contributed by atoms with Crippen molar-refractivity contribution >= 4 is 51.2 Å². The number of thiophene rings is 2. The molecule has 10 heteroatoms. The van der Waals surface area contributed by atoms with Crippen molar-refractivity contribution < 1.29 is 29.0 Å². The summed E-state index contributed by atoms with van der Waals surface area (Å²) >= 11 is 2.56. The van der Waals surface area contributed by atoms with E-state index in [0.29, 0.717) is 21.9 Å². The van der Waals surface area contributed by atoms with E-state index in [1.807, 2.05) is 0 Å². The van der Waals surface area contributed by atoms with E-state index in [-0.39, 0.29) is 30.3 Å². The molecular weight excluding hydrogens is 476 g/mol. The molecule has 4 rings (SSSR count). The second-order valence-corrected chi connectivity index (χ2v) is 9.64. The Hall–Kier alpha value is -3.24. The Bertz CT molecular complexity index is 1220. The Balaban J connectivity index is 1.90. The highest BCUT2D eigenvalue weighted by molar-refractivity contribution is 7.17. The van der Waals surface area contributed by atoms with Crippen molar-refractivity contribution in [1.82, 2.24) is 0 Å². The fourth-order valence-electron chi connectivity index (χ4n) is 4.06. The lowest BCUT2D eigenvalue weighted by Crippen LogP contribution is -2.29. The van der Waals surface area contributed by atoms with E-state index in [0.717, 1.165) is 29.7 Å². The maximum absolute atomic E-state index is 13.0. The second kappa shape index (κ2) is 9.94. The molecule has 0 saturated heterocycles. The fraction of sp³-hybridized carbons (Fsp3) is 0.333. The topological polar surface area (TPSA) is 117 Å². The monoisotopic (exact) mass is 500 g/mol. The smallest absolute Gasteiger partial charge is 0.345 e. The highest BCUT2D eigenvalue weighted by Crippen LogP contribution is 2.45. The first-order valence-corrected chi connectivity index (χ1v) is 12.7. The summed E-state index contributed by atoms with van der Waals surface area (Å²) in [5.74, 6) is -2.68. The van der Waals surface area contributed by atoms with Gasteiger partial charge < -0.3 is 14.6 Å². The molecule has 2 aromatic rings. The number of esters is 2. The number of aryl methyl sites for hydroxylation is 1. The van der Waals surface area contributed by atoms with E-state index in [2.05, 4.69) is 0 Å². The number of rotatable bonds is 7. The van der Waals surface area contributed by atoms with Crippen LogP contribution in [0.15, 0.2) is 40.6 Å². The molecular formula is C24H24N2O6S2. The molecule has 1 aliphatic carbocycles. The molecule has 0 radical (unpaired) electrons. The number of nitrogens with one attached hydrogen (secondary N) is 1. The summed E-state index contributed by atoms with van der Waals surface area (Å²) in [4.78, 5) is 41.3. The maximum atomic E-state index is 13.0. The van der Waals surface area contributed by atoms with Gasteiger partial charge in [-0.15, -0.1) is 22.7 Å². The number of allylic oxidation sites excluding steroid dienone is 1. The number of amidine groups is 1. The molecule has 2 aromatic heterocycles. The number of ether oxygens (including phenoxy) is 2. The van der Waals surface area contributed by atoms with Crippen molar-refractivity contribution in [2.24, 2.45) is 0 Å². The first kappa shape index (κ1) is 23.9. The Morgan fingerprint density at radius 3 is 2.53 bits per heavy atom. The van der Waals surface area contributed by atoms with Gasteiger partial charge in [0, 0.05) is 11.0 Å². The summed E-state index contributed by atoms with van der Waals surface area (Å²) in [6, 6.07) is 3.38. The number of hydrogen-bond acceptors (Lipinski definition) is 9. The van der Waals surface area contributed by atoms with E-state index in [9.17, 15) is 19.5 Å². The van der Waals surface area contributed by atoms with Crippen LogP contribution in [0.5, 0.6) is 0 Å². The largest absolute Gasteiger partial charge is 0.505 e. The highest BCUT2D eigenvalue weighted by atomic mass is 32.1. The third-order valence-electron chi connectivity index (χ3n) is 5.53. The van der Waals surface area contributed by atoms with Crippen molar-refractivity contribution in [2.75, 3.05) is 18.1 Å². The number of ketones is 1. The van der Waals surface area contributed by atoms with E-state index in [1.165, 1.54) is 33.6 Å². The Morgan fingerprint density at radius 1 is 1.15 bits per heavy atom. The average Bonchev–Trinajstić information content (AvgIpc) is 3.51. The number of hydrogen-bond donors (Lipinski definition) is 2. The average molecular weight is 501 g/mol. The number of aliphatic hydroxyl groups is 1. The number of aliphatic hydroxyl groups excluding tert-OH is 1. The standard InChI is InChI=1S/C24H24N2O6S2/c1-3-31-23(29)18-13-8-5-6-9-16(13)34-22(18)26-14(12-15(27)17-10-7-11-33-17)20(28)19(21(26)25)24(30)32-4-2/h7,10-12,25,28H,3-6,8-9H2,1-2H3/b14-12+,25-21?. The Morgan fingerprint density at radius 2 is 1.85 bits per heavy atom. The third kappa shape index (κ3) is 4.19. The maximum Gasteiger partial charge on any atom is 0.345 e. The minimum absolute atomic E-state index is 0.0457. The second-order valence-electron chi connectivity index (χ2n) is 7.61. The van der Waals surface area contributed by atoms with Crippen LogP contribution in [0.4, 0.5) is 5.00 Å². The van der Waals surface area contributed by atoms with Gasteiger partial charge in [-0.1, -0.05) is 6.07 Å². The van der Waals surface area contributed by atoms with Gasteiger partial charge >= 0.3 is 11.9 Å². The molecule has 0 spiro atoms. The SMILES string of the molecule is CCOC(=O)C1=C(O)/C(=C\C(=O)c2cccs2)N(c2sc3c(c2C(=O)OCC)CCCC3)C1=N. The third-order valence-corrected chi connectivity index (χ3v) is 7.69. The van der Waals surface area contributed by atoms with E-state index in [1.54, 1.807) is 31.4 Å². The summed E-state index contributed by atoms with van der Waals surface area (Å²) in [5.41, 5.74) is 0.785. The van der Waals surface area contributed by atoms with Gasteiger partial charge in [0.15, 0.2) is 11.5 Å². The Labute approximate surface area is 204 Å². The van der Waals surface area contributed by atoms with Crippen LogP contribution in [-0.4, -0.2) is 41.9 Å². The molecule has 8 nitrogen and oxygen atoms in total. The molecule has 0 atom stereocenters. The van der Waals surface area contributed by atoms with E-state index < -0.39 is 23.5 Å².